The molecule has 1 heterocycles. The Balaban J connectivity index is 1.74. The molecule has 0 saturated heterocycles. The Kier molecular flexibility index (Phi) is 6.29. The number of amides is 1. The van der Waals surface area contributed by atoms with E-state index in [0.29, 0.717) is 23.9 Å². The highest BCUT2D eigenvalue weighted by atomic mass is 32.1. The standard InChI is InChI=1S/C22H26N2O3S/c1-13(2)12-15-8-10-16(11-9-15)19-14(3)28-22(23-19)24-20(25)17-6-4-5-7-18(17)21(26)27/h4-5,8-11,13,17-18H,6-7,12H2,1-3H3,(H,26,27)(H,23,24,25)/t17-,18+/m0/s1. The zero-order valence-electron chi connectivity index (χ0n) is 16.4. The van der Waals surface area contributed by atoms with E-state index in [1.807, 2.05) is 19.1 Å². The lowest BCUT2D eigenvalue weighted by Gasteiger charge is -2.23. The van der Waals surface area contributed by atoms with Crippen LogP contribution in [-0.4, -0.2) is 22.0 Å². The summed E-state index contributed by atoms with van der Waals surface area (Å²) in [6.07, 6.45) is 5.58. The van der Waals surface area contributed by atoms with Crippen molar-refractivity contribution < 1.29 is 14.7 Å². The normalized spacial score (nSPS) is 19.0. The topological polar surface area (TPSA) is 79.3 Å². The number of allylic oxidation sites excluding steroid dienone is 2. The van der Waals surface area contributed by atoms with Gasteiger partial charge in [-0.25, -0.2) is 4.98 Å². The number of rotatable bonds is 6. The first kappa shape index (κ1) is 20.3. The zero-order chi connectivity index (χ0) is 20.3. The molecule has 0 spiro atoms. The lowest BCUT2D eigenvalue weighted by molar-refractivity contribution is -0.146. The molecule has 3 rings (SSSR count). The molecule has 0 unspecified atom stereocenters. The number of nitrogens with zero attached hydrogens (tertiary/aromatic N) is 1. The highest BCUT2D eigenvalue weighted by Gasteiger charge is 2.34. The average Bonchev–Trinajstić information content (AvgIpc) is 3.02. The van der Waals surface area contributed by atoms with Crippen LogP contribution >= 0.6 is 11.3 Å². The first-order valence-corrected chi connectivity index (χ1v) is 10.4. The minimum atomic E-state index is -0.929. The molecule has 1 aliphatic carbocycles. The third kappa shape index (κ3) is 4.68. The molecular weight excluding hydrogens is 372 g/mol. The fraction of sp³-hybridized carbons (Fsp3) is 0.409. The van der Waals surface area contributed by atoms with Gasteiger partial charge in [0.05, 0.1) is 17.5 Å². The van der Waals surface area contributed by atoms with Crippen molar-refractivity contribution in [3.63, 3.8) is 0 Å². The van der Waals surface area contributed by atoms with E-state index in [0.717, 1.165) is 22.6 Å². The van der Waals surface area contributed by atoms with Crippen molar-refractivity contribution in [2.24, 2.45) is 17.8 Å². The van der Waals surface area contributed by atoms with Crippen molar-refractivity contribution >= 4 is 28.3 Å². The molecule has 28 heavy (non-hydrogen) atoms. The van der Waals surface area contributed by atoms with Crippen LogP contribution in [0.25, 0.3) is 11.3 Å². The number of hydrogen-bond acceptors (Lipinski definition) is 4. The van der Waals surface area contributed by atoms with E-state index in [1.165, 1.54) is 16.9 Å². The van der Waals surface area contributed by atoms with Crippen LogP contribution < -0.4 is 5.32 Å². The number of aliphatic carboxylic acids is 1. The highest BCUT2D eigenvalue weighted by Crippen LogP contribution is 2.32. The third-order valence-corrected chi connectivity index (χ3v) is 5.87. The fourth-order valence-corrected chi connectivity index (χ4v) is 4.40. The predicted octanol–water partition coefficient (Wildman–Crippen LogP) is 4.92. The van der Waals surface area contributed by atoms with Gasteiger partial charge < -0.3 is 10.4 Å². The maximum Gasteiger partial charge on any atom is 0.307 e. The van der Waals surface area contributed by atoms with E-state index in [4.69, 9.17) is 0 Å². The molecule has 1 aliphatic rings. The summed E-state index contributed by atoms with van der Waals surface area (Å²) in [6.45, 7) is 6.38. The molecule has 1 amide bonds. The third-order valence-electron chi connectivity index (χ3n) is 4.98. The molecule has 2 atom stereocenters. The Morgan fingerprint density at radius 2 is 1.82 bits per heavy atom. The summed E-state index contributed by atoms with van der Waals surface area (Å²) in [4.78, 5) is 29.7. The summed E-state index contributed by atoms with van der Waals surface area (Å²) in [6, 6.07) is 8.38. The van der Waals surface area contributed by atoms with Crippen LogP contribution in [0.2, 0.25) is 0 Å². The predicted molar refractivity (Wildman–Crippen MR) is 112 cm³/mol. The van der Waals surface area contributed by atoms with Gasteiger partial charge in [-0.2, -0.15) is 0 Å². The van der Waals surface area contributed by atoms with E-state index < -0.39 is 17.8 Å². The number of carbonyl (C=O) groups is 2. The first-order valence-electron chi connectivity index (χ1n) is 9.60. The molecule has 0 radical (unpaired) electrons. The van der Waals surface area contributed by atoms with Crippen molar-refractivity contribution in [1.29, 1.82) is 0 Å². The summed E-state index contributed by atoms with van der Waals surface area (Å²) in [7, 11) is 0. The van der Waals surface area contributed by atoms with Gasteiger partial charge in [0, 0.05) is 10.4 Å². The number of hydrogen-bond donors (Lipinski definition) is 2. The number of carbonyl (C=O) groups excluding carboxylic acids is 1. The molecule has 6 heteroatoms. The Labute approximate surface area is 169 Å². The second kappa shape index (κ2) is 8.69. The molecular formula is C22H26N2O3S. The number of thiazole rings is 1. The van der Waals surface area contributed by atoms with Crippen LogP contribution in [0.1, 0.15) is 37.1 Å². The minimum Gasteiger partial charge on any atom is -0.481 e. The smallest absolute Gasteiger partial charge is 0.307 e. The molecule has 148 valence electrons. The summed E-state index contributed by atoms with van der Waals surface area (Å²) < 4.78 is 0. The summed E-state index contributed by atoms with van der Waals surface area (Å²) >= 11 is 1.42. The maximum absolute atomic E-state index is 12.6. The van der Waals surface area contributed by atoms with Crippen LogP contribution in [0.15, 0.2) is 36.4 Å². The van der Waals surface area contributed by atoms with Crippen molar-refractivity contribution in [2.45, 2.75) is 40.0 Å². The van der Waals surface area contributed by atoms with Gasteiger partial charge in [0.1, 0.15) is 0 Å². The van der Waals surface area contributed by atoms with Crippen molar-refractivity contribution in [3.05, 3.63) is 46.9 Å². The average molecular weight is 399 g/mol. The van der Waals surface area contributed by atoms with Gasteiger partial charge in [-0.3, -0.25) is 9.59 Å². The Bertz CT molecular complexity index is 884. The van der Waals surface area contributed by atoms with E-state index in [1.54, 1.807) is 0 Å². The van der Waals surface area contributed by atoms with Gasteiger partial charge in [-0.05, 0) is 37.7 Å². The summed E-state index contributed by atoms with van der Waals surface area (Å²) in [5.41, 5.74) is 3.17. The van der Waals surface area contributed by atoms with Gasteiger partial charge in [0.15, 0.2) is 5.13 Å². The van der Waals surface area contributed by atoms with Crippen LogP contribution in [0, 0.1) is 24.7 Å². The quantitative estimate of drug-likeness (QED) is 0.677. The molecule has 0 saturated carbocycles. The molecule has 2 aromatic rings. The second-order valence-corrected chi connectivity index (χ2v) is 8.91. The lowest BCUT2D eigenvalue weighted by Crippen LogP contribution is -2.34. The number of aromatic nitrogens is 1. The molecule has 2 N–H and O–H groups in total. The molecule has 0 aliphatic heterocycles. The van der Waals surface area contributed by atoms with Crippen LogP contribution in [0.5, 0.6) is 0 Å². The number of benzene rings is 1. The van der Waals surface area contributed by atoms with E-state index >= 15 is 0 Å². The van der Waals surface area contributed by atoms with Gasteiger partial charge in [0.25, 0.3) is 0 Å². The lowest BCUT2D eigenvalue weighted by atomic mass is 9.82. The van der Waals surface area contributed by atoms with Crippen LogP contribution in [0.4, 0.5) is 5.13 Å². The molecule has 0 bridgehead atoms. The molecule has 0 fully saturated rings. The van der Waals surface area contributed by atoms with Crippen molar-refractivity contribution in [2.75, 3.05) is 5.32 Å². The first-order chi connectivity index (χ1) is 13.3. The molecule has 1 aromatic heterocycles. The largest absolute Gasteiger partial charge is 0.481 e. The second-order valence-electron chi connectivity index (χ2n) is 7.70. The number of nitrogens with one attached hydrogen (secondary N) is 1. The number of anilines is 1. The van der Waals surface area contributed by atoms with Gasteiger partial charge in [-0.1, -0.05) is 50.3 Å². The number of carboxylic acid groups (broad SMARTS) is 1. The Morgan fingerprint density at radius 3 is 2.43 bits per heavy atom. The Morgan fingerprint density at radius 1 is 1.18 bits per heavy atom. The monoisotopic (exact) mass is 398 g/mol. The van der Waals surface area contributed by atoms with Gasteiger partial charge in [0.2, 0.25) is 5.91 Å². The van der Waals surface area contributed by atoms with Crippen molar-refractivity contribution in [1.82, 2.24) is 4.98 Å². The minimum absolute atomic E-state index is 0.274. The number of aryl methyl sites for hydroxylation is 1. The summed E-state index contributed by atoms with van der Waals surface area (Å²) in [5.74, 6) is -1.84. The highest BCUT2D eigenvalue weighted by molar-refractivity contribution is 7.16. The van der Waals surface area contributed by atoms with E-state index in [2.05, 4.69) is 48.4 Å². The SMILES string of the molecule is Cc1sc(NC(=O)[C@H]2CC=CC[C@H]2C(=O)O)nc1-c1ccc(CC(C)C)cc1. The zero-order valence-corrected chi connectivity index (χ0v) is 17.3. The summed E-state index contributed by atoms with van der Waals surface area (Å²) in [5, 5.41) is 12.7. The van der Waals surface area contributed by atoms with E-state index in [9.17, 15) is 14.7 Å². The van der Waals surface area contributed by atoms with Crippen LogP contribution in [-0.2, 0) is 16.0 Å². The van der Waals surface area contributed by atoms with Gasteiger partial charge in [-0.15, -0.1) is 11.3 Å². The van der Waals surface area contributed by atoms with Crippen LogP contribution in [0.3, 0.4) is 0 Å². The molecule has 1 aromatic carbocycles. The maximum atomic E-state index is 12.6. The van der Waals surface area contributed by atoms with Crippen molar-refractivity contribution in [3.8, 4) is 11.3 Å². The Hall–Kier alpha value is -2.47. The van der Waals surface area contributed by atoms with E-state index in [-0.39, 0.29) is 5.91 Å². The molecule has 5 nitrogen and oxygen atoms in total. The van der Waals surface area contributed by atoms with Gasteiger partial charge >= 0.3 is 5.97 Å². The number of carboxylic acids is 1. The fourth-order valence-electron chi connectivity index (χ4n) is 3.56.